The number of nitrogens with two attached hydrogens (primary N) is 1. The van der Waals surface area contributed by atoms with Crippen molar-refractivity contribution in [2.24, 2.45) is 0 Å². The first-order chi connectivity index (χ1) is 12.3. The average molecular weight is 356 g/mol. The zero-order chi connectivity index (χ0) is 19.3. The number of anilines is 1. The standard InChI is InChI=1S/C19H17FN2O4/c1-22(19(25)26-2)11-13-5-3-12(4-6-13)7-8-15-16(18(23)24)9-14(20)10-17(15)21/h3-6,9-10H,11,21H2,1-2H3,(H,23,24). The molecule has 0 unspecified atom stereocenters. The lowest BCUT2D eigenvalue weighted by molar-refractivity contribution is 0.0696. The van der Waals surface area contributed by atoms with Crippen LogP contribution in [0.25, 0.3) is 0 Å². The first kappa shape index (κ1) is 18.8. The topological polar surface area (TPSA) is 92.9 Å². The van der Waals surface area contributed by atoms with Gasteiger partial charge in [-0.2, -0.15) is 0 Å². The molecule has 2 aromatic rings. The van der Waals surface area contributed by atoms with Gasteiger partial charge in [-0.25, -0.2) is 14.0 Å². The van der Waals surface area contributed by atoms with E-state index in [1.54, 1.807) is 31.3 Å². The van der Waals surface area contributed by atoms with Crippen LogP contribution in [0.1, 0.15) is 27.0 Å². The molecule has 0 heterocycles. The molecule has 26 heavy (non-hydrogen) atoms. The van der Waals surface area contributed by atoms with Gasteiger partial charge in [-0.3, -0.25) is 0 Å². The number of hydrogen-bond acceptors (Lipinski definition) is 4. The van der Waals surface area contributed by atoms with E-state index in [0.717, 1.165) is 17.7 Å². The Morgan fingerprint density at radius 2 is 1.88 bits per heavy atom. The van der Waals surface area contributed by atoms with E-state index in [9.17, 15) is 14.0 Å². The molecule has 2 rings (SSSR count). The summed E-state index contributed by atoms with van der Waals surface area (Å²) in [7, 11) is 2.92. The Morgan fingerprint density at radius 1 is 1.23 bits per heavy atom. The number of carbonyl (C=O) groups is 2. The molecule has 0 radical (unpaired) electrons. The van der Waals surface area contributed by atoms with Gasteiger partial charge >= 0.3 is 12.1 Å². The van der Waals surface area contributed by atoms with Crippen LogP contribution in [0.2, 0.25) is 0 Å². The van der Waals surface area contributed by atoms with Crippen LogP contribution < -0.4 is 5.73 Å². The van der Waals surface area contributed by atoms with Crippen LogP contribution in [-0.2, 0) is 11.3 Å². The van der Waals surface area contributed by atoms with E-state index >= 15 is 0 Å². The molecular formula is C19H17FN2O4. The van der Waals surface area contributed by atoms with Gasteiger partial charge in [0.1, 0.15) is 5.82 Å². The van der Waals surface area contributed by atoms with Crippen molar-refractivity contribution in [1.82, 2.24) is 4.90 Å². The fraction of sp³-hybridized carbons (Fsp3) is 0.158. The molecule has 0 fully saturated rings. The first-order valence-corrected chi connectivity index (χ1v) is 7.54. The minimum Gasteiger partial charge on any atom is -0.478 e. The average Bonchev–Trinajstić information content (AvgIpc) is 2.60. The van der Waals surface area contributed by atoms with Crippen LogP contribution in [0.3, 0.4) is 0 Å². The number of methoxy groups -OCH3 is 1. The molecule has 6 nitrogen and oxygen atoms in total. The van der Waals surface area contributed by atoms with Crippen molar-refractivity contribution in [2.45, 2.75) is 6.54 Å². The molecule has 0 bridgehead atoms. The number of carboxylic acid groups (broad SMARTS) is 1. The van der Waals surface area contributed by atoms with Crippen molar-refractivity contribution in [3.05, 3.63) is 64.5 Å². The Bertz CT molecular complexity index is 898. The van der Waals surface area contributed by atoms with Crippen LogP contribution in [0.5, 0.6) is 0 Å². The number of carboxylic acids is 1. The van der Waals surface area contributed by atoms with Crippen LogP contribution in [-0.4, -0.2) is 36.2 Å². The molecule has 0 aromatic heterocycles. The number of hydrogen-bond donors (Lipinski definition) is 2. The number of rotatable bonds is 3. The van der Waals surface area contributed by atoms with E-state index in [1.165, 1.54) is 12.0 Å². The van der Waals surface area contributed by atoms with Crippen molar-refractivity contribution in [3.8, 4) is 11.8 Å². The summed E-state index contributed by atoms with van der Waals surface area (Å²) in [6, 6.07) is 8.95. The van der Waals surface area contributed by atoms with Gasteiger partial charge in [0.15, 0.2) is 0 Å². The highest BCUT2D eigenvalue weighted by molar-refractivity contribution is 5.93. The summed E-state index contributed by atoms with van der Waals surface area (Å²) in [5, 5.41) is 9.16. The highest BCUT2D eigenvalue weighted by atomic mass is 19.1. The van der Waals surface area contributed by atoms with Crippen LogP contribution in [0, 0.1) is 17.7 Å². The molecule has 0 aliphatic carbocycles. The number of nitrogen functional groups attached to an aromatic ring is 1. The molecule has 0 atom stereocenters. The molecule has 0 saturated carbocycles. The molecule has 3 N–H and O–H groups in total. The third-order valence-corrected chi connectivity index (χ3v) is 3.56. The third kappa shape index (κ3) is 4.51. The van der Waals surface area contributed by atoms with E-state index in [2.05, 4.69) is 16.6 Å². The maximum Gasteiger partial charge on any atom is 0.409 e. The Labute approximate surface area is 150 Å². The van der Waals surface area contributed by atoms with Gasteiger partial charge in [0.25, 0.3) is 0 Å². The summed E-state index contributed by atoms with van der Waals surface area (Å²) >= 11 is 0. The highest BCUT2D eigenvalue weighted by Gasteiger charge is 2.13. The zero-order valence-corrected chi connectivity index (χ0v) is 14.2. The van der Waals surface area contributed by atoms with Crippen LogP contribution in [0.4, 0.5) is 14.9 Å². The molecule has 0 aliphatic rings. The quantitative estimate of drug-likeness (QED) is 0.652. The van der Waals surface area contributed by atoms with Gasteiger partial charge in [-0.1, -0.05) is 24.0 Å². The number of benzene rings is 2. The van der Waals surface area contributed by atoms with Crippen molar-refractivity contribution in [2.75, 3.05) is 19.9 Å². The lowest BCUT2D eigenvalue weighted by Gasteiger charge is -2.15. The van der Waals surface area contributed by atoms with Crippen molar-refractivity contribution in [1.29, 1.82) is 0 Å². The molecule has 0 aliphatic heterocycles. The van der Waals surface area contributed by atoms with Gasteiger partial charge in [-0.15, -0.1) is 0 Å². The monoisotopic (exact) mass is 356 g/mol. The number of carbonyl (C=O) groups excluding carboxylic acids is 1. The second kappa shape index (κ2) is 8.03. The predicted molar refractivity (Wildman–Crippen MR) is 94.1 cm³/mol. The fourth-order valence-electron chi connectivity index (χ4n) is 2.26. The minimum absolute atomic E-state index is 0.0359. The van der Waals surface area contributed by atoms with Crippen LogP contribution >= 0.6 is 0 Å². The summed E-state index contributed by atoms with van der Waals surface area (Å²) in [5.74, 6) is 3.46. The molecule has 7 heteroatoms. The van der Waals surface area contributed by atoms with Crippen molar-refractivity contribution >= 4 is 17.7 Å². The van der Waals surface area contributed by atoms with Crippen molar-refractivity contribution < 1.29 is 23.8 Å². The summed E-state index contributed by atoms with van der Waals surface area (Å²) in [6.07, 6.45) is -0.443. The number of halogens is 1. The lowest BCUT2D eigenvalue weighted by atomic mass is 10.0. The Morgan fingerprint density at radius 3 is 2.46 bits per heavy atom. The molecule has 2 aromatic carbocycles. The molecule has 1 amide bonds. The first-order valence-electron chi connectivity index (χ1n) is 7.54. The second-order valence-corrected chi connectivity index (χ2v) is 5.50. The summed E-state index contributed by atoms with van der Waals surface area (Å²) < 4.78 is 18.0. The van der Waals surface area contributed by atoms with E-state index in [4.69, 9.17) is 10.8 Å². The zero-order valence-electron chi connectivity index (χ0n) is 14.2. The van der Waals surface area contributed by atoms with E-state index in [0.29, 0.717) is 12.1 Å². The van der Waals surface area contributed by atoms with Crippen LogP contribution in [0.15, 0.2) is 36.4 Å². The Hall–Kier alpha value is -3.53. The summed E-state index contributed by atoms with van der Waals surface area (Å²) in [4.78, 5) is 24.0. The number of amides is 1. The number of ether oxygens (including phenoxy) is 1. The molecule has 0 spiro atoms. The predicted octanol–water partition coefficient (Wildman–Crippen LogP) is 2.70. The van der Waals surface area contributed by atoms with Gasteiger partial charge in [0.2, 0.25) is 0 Å². The molecule has 134 valence electrons. The van der Waals surface area contributed by atoms with Gasteiger partial charge < -0.3 is 20.5 Å². The van der Waals surface area contributed by atoms with E-state index in [1.807, 2.05) is 0 Å². The minimum atomic E-state index is -1.30. The van der Waals surface area contributed by atoms with Gasteiger partial charge in [-0.05, 0) is 29.8 Å². The van der Waals surface area contributed by atoms with E-state index in [-0.39, 0.29) is 16.8 Å². The Kier molecular flexibility index (Phi) is 5.81. The van der Waals surface area contributed by atoms with Gasteiger partial charge in [0, 0.05) is 19.2 Å². The molecular weight excluding hydrogens is 339 g/mol. The highest BCUT2D eigenvalue weighted by Crippen LogP contribution is 2.19. The number of aromatic carboxylic acids is 1. The van der Waals surface area contributed by atoms with E-state index < -0.39 is 17.9 Å². The van der Waals surface area contributed by atoms with Gasteiger partial charge in [0.05, 0.1) is 23.9 Å². The largest absolute Gasteiger partial charge is 0.478 e. The molecule has 0 saturated heterocycles. The maximum absolute atomic E-state index is 13.3. The fourth-order valence-corrected chi connectivity index (χ4v) is 2.26. The maximum atomic E-state index is 13.3. The van der Waals surface area contributed by atoms with Crippen molar-refractivity contribution in [3.63, 3.8) is 0 Å². The summed E-state index contributed by atoms with van der Waals surface area (Å²) in [6.45, 7) is 0.369. The Balaban J connectivity index is 2.24. The SMILES string of the molecule is COC(=O)N(C)Cc1ccc(C#Cc2c(N)cc(F)cc2C(=O)O)cc1. The lowest BCUT2D eigenvalue weighted by Crippen LogP contribution is -2.25. The second-order valence-electron chi connectivity index (χ2n) is 5.50. The summed E-state index contributed by atoms with van der Waals surface area (Å²) in [5.41, 5.74) is 6.92. The third-order valence-electron chi connectivity index (χ3n) is 3.56. The normalized spacial score (nSPS) is 9.81. The number of nitrogens with zero attached hydrogens (tertiary/aromatic N) is 1. The smallest absolute Gasteiger partial charge is 0.409 e.